The van der Waals surface area contributed by atoms with Gasteiger partial charge in [-0.05, 0) is 54.7 Å². The van der Waals surface area contributed by atoms with Gasteiger partial charge in [0.15, 0.2) is 12.4 Å². The van der Waals surface area contributed by atoms with Crippen molar-refractivity contribution in [2.45, 2.75) is 6.42 Å². The summed E-state index contributed by atoms with van der Waals surface area (Å²) in [4.78, 5) is 39.7. The van der Waals surface area contributed by atoms with Gasteiger partial charge < -0.3 is 4.74 Å². The molecule has 2 aliphatic carbocycles. The third kappa shape index (κ3) is 2.78. The van der Waals surface area contributed by atoms with Crippen LogP contribution in [0.15, 0.2) is 60.7 Å². The number of ketones is 1. The van der Waals surface area contributed by atoms with Crippen LogP contribution >= 0.6 is 0 Å². The molecule has 4 atom stereocenters. The lowest BCUT2D eigenvalue weighted by Gasteiger charge is -2.20. The lowest BCUT2D eigenvalue weighted by atomic mass is 9.85. The number of ether oxygens (including phenoxy) is 1. The van der Waals surface area contributed by atoms with Crippen LogP contribution in [-0.4, -0.2) is 24.2 Å². The maximum absolute atomic E-state index is 13.0. The molecule has 146 valence electrons. The van der Waals surface area contributed by atoms with Crippen LogP contribution in [0.25, 0.3) is 0 Å². The van der Waals surface area contributed by atoms with Gasteiger partial charge in [0.25, 0.3) is 0 Å². The fourth-order valence-electron chi connectivity index (χ4n) is 4.77. The molecule has 2 aromatic carbocycles. The average molecular weight is 391 g/mol. The first-order chi connectivity index (χ1) is 14.0. The van der Waals surface area contributed by atoms with Crippen molar-refractivity contribution in [1.29, 1.82) is 0 Å². The summed E-state index contributed by atoms with van der Waals surface area (Å²) < 4.78 is 18.7. The summed E-state index contributed by atoms with van der Waals surface area (Å²) in [5.74, 6) is -1.19. The Bertz CT molecular complexity index is 1020. The molecule has 0 N–H and O–H groups in total. The largest absolute Gasteiger partial charge is 0.483 e. The summed E-state index contributed by atoms with van der Waals surface area (Å²) in [6.07, 6.45) is 4.96. The van der Waals surface area contributed by atoms with E-state index in [-0.39, 0.29) is 47.9 Å². The number of benzene rings is 2. The van der Waals surface area contributed by atoms with Gasteiger partial charge in [0, 0.05) is 5.56 Å². The molecule has 6 heteroatoms. The smallest absolute Gasteiger partial charge is 0.238 e. The normalized spacial score (nSPS) is 26.9. The first kappa shape index (κ1) is 17.8. The molecule has 0 spiro atoms. The van der Waals surface area contributed by atoms with Crippen molar-refractivity contribution in [1.82, 2.24) is 0 Å². The molecule has 1 heterocycles. The highest BCUT2D eigenvalue weighted by molar-refractivity contribution is 6.23. The summed E-state index contributed by atoms with van der Waals surface area (Å²) in [6, 6.07) is 11.9. The van der Waals surface area contributed by atoms with E-state index >= 15 is 0 Å². The van der Waals surface area contributed by atoms with E-state index in [1.165, 1.54) is 29.2 Å². The number of imide groups is 1. The Morgan fingerprint density at radius 2 is 1.59 bits per heavy atom. The van der Waals surface area contributed by atoms with Crippen LogP contribution in [-0.2, 0) is 9.59 Å². The van der Waals surface area contributed by atoms with Crippen molar-refractivity contribution in [2.24, 2.45) is 23.7 Å². The van der Waals surface area contributed by atoms with E-state index in [4.69, 9.17) is 4.74 Å². The Labute approximate surface area is 166 Å². The number of amides is 2. The first-order valence-electron chi connectivity index (χ1n) is 9.61. The maximum atomic E-state index is 13.0. The van der Waals surface area contributed by atoms with E-state index in [9.17, 15) is 18.8 Å². The summed E-state index contributed by atoms with van der Waals surface area (Å²) >= 11 is 0. The highest BCUT2D eigenvalue weighted by Gasteiger charge is 2.59. The van der Waals surface area contributed by atoms with Gasteiger partial charge >= 0.3 is 0 Å². The molecule has 2 fully saturated rings. The number of hydrogen-bond donors (Lipinski definition) is 0. The standard InChI is InChI=1S/C23H18FNO4/c24-16-9-7-13(8-10-16)18(26)12-29-19-4-2-1-3-17(19)25-22(27)20-14-5-6-15(11-14)21(20)23(25)28/h1-10,14-15,20-21H,11-12H2. The topological polar surface area (TPSA) is 63.7 Å². The van der Waals surface area contributed by atoms with Crippen molar-refractivity contribution < 1.29 is 23.5 Å². The van der Waals surface area contributed by atoms with Gasteiger partial charge in [-0.25, -0.2) is 9.29 Å². The van der Waals surface area contributed by atoms with Crippen molar-refractivity contribution in [3.8, 4) is 5.75 Å². The lowest BCUT2D eigenvalue weighted by molar-refractivity contribution is -0.123. The fourth-order valence-corrected chi connectivity index (χ4v) is 4.77. The zero-order valence-electron chi connectivity index (χ0n) is 15.5. The predicted molar refractivity (Wildman–Crippen MR) is 103 cm³/mol. The Kier molecular flexibility index (Phi) is 4.08. The molecule has 1 aliphatic heterocycles. The van der Waals surface area contributed by atoms with Crippen LogP contribution in [0.1, 0.15) is 16.8 Å². The molecule has 29 heavy (non-hydrogen) atoms. The number of carbonyl (C=O) groups excluding carboxylic acids is 3. The highest BCUT2D eigenvalue weighted by atomic mass is 19.1. The monoisotopic (exact) mass is 391 g/mol. The zero-order chi connectivity index (χ0) is 20.1. The molecule has 2 amide bonds. The van der Waals surface area contributed by atoms with Gasteiger partial charge in [-0.3, -0.25) is 14.4 Å². The van der Waals surface area contributed by atoms with Gasteiger partial charge in [-0.1, -0.05) is 24.3 Å². The SMILES string of the molecule is O=C(COc1ccccc1N1C(=O)C2C3C=CC(C3)C2C1=O)c1ccc(F)cc1. The van der Waals surface area contributed by atoms with Gasteiger partial charge in [0.2, 0.25) is 11.8 Å². The molecule has 3 aliphatic rings. The van der Waals surface area contributed by atoms with Crippen molar-refractivity contribution in [3.63, 3.8) is 0 Å². The average Bonchev–Trinajstić information content (AvgIpc) is 3.41. The van der Waals surface area contributed by atoms with E-state index in [1.54, 1.807) is 24.3 Å². The first-order valence-corrected chi connectivity index (χ1v) is 9.61. The van der Waals surface area contributed by atoms with Crippen molar-refractivity contribution in [3.05, 3.63) is 72.1 Å². The van der Waals surface area contributed by atoms with Gasteiger partial charge in [-0.2, -0.15) is 0 Å². The lowest BCUT2D eigenvalue weighted by Crippen LogP contribution is -2.33. The van der Waals surface area contributed by atoms with Crippen LogP contribution in [0.3, 0.4) is 0 Å². The number of allylic oxidation sites excluding steroid dienone is 2. The predicted octanol–water partition coefficient (Wildman–Crippen LogP) is 3.40. The van der Waals surface area contributed by atoms with Crippen LogP contribution in [0.2, 0.25) is 0 Å². The van der Waals surface area contributed by atoms with Gasteiger partial charge in [0.1, 0.15) is 11.6 Å². The number of fused-ring (bicyclic) bond motifs is 5. The van der Waals surface area contributed by atoms with Crippen LogP contribution in [0.4, 0.5) is 10.1 Å². The highest BCUT2D eigenvalue weighted by Crippen LogP contribution is 2.53. The second-order valence-corrected chi connectivity index (χ2v) is 7.70. The summed E-state index contributed by atoms with van der Waals surface area (Å²) in [6.45, 7) is -0.279. The molecular formula is C23H18FNO4. The third-order valence-corrected chi connectivity index (χ3v) is 6.10. The number of halogens is 1. The Morgan fingerprint density at radius 1 is 0.966 bits per heavy atom. The molecule has 2 aromatic rings. The second-order valence-electron chi connectivity index (χ2n) is 7.70. The molecule has 0 radical (unpaired) electrons. The molecule has 1 saturated carbocycles. The number of hydrogen-bond acceptors (Lipinski definition) is 4. The summed E-state index contributed by atoms with van der Waals surface area (Å²) in [5, 5.41) is 0. The van der Waals surface area contributed by atoms with Crippen LogP contribution < -0.4 is 9.64 Å². The Balaban J connectivity index is 1.38. The van der Waals surface area contributed by atoms with E-state index in [0.717, 1.165) is 6.42 Å². The van der Waals surface area contributed by atoms with E-state index in [2.05, 4.69) is 0 Å². The zero-order valence-corrected chi connectivity index (χ0v) is 15.5. The molecular weight excluding hydrogens is 373 g/mol. The van der Waals surface area contributed by atoms with Gasteiger partial charge in [0.05, 0.1) is 17.5 Å². The number of carbonyl (C=O) groups is 3. The number of Topliss-reactive ketones (excluding diaryl/α,β-unsaturated/α-hetero) is 1. The minimum absolute atomic E-state index is 0.125. The molecule has 1 saturated heterocycles. The second kappa shape index (κ2) is 6.65. The van der Waals surface area contributed by atoms with E-state index in [1.807, 2.05) is 12.2 Å². The number of nitrogens with zero attached hydrogens (tertiary/aromatic N) is 1. The Morgan fingerprint density at radius 3 is 2.24 bits per heavy atom. The molecule has 4 unspecified atom stereocenters. The van der Waals surface area contributed by atoms with Crippen molar-refractivity contribution >= 4 is 23.3 Å². The third-order valence-electron chi connectivity index (χ3n) is 6.10. The molecule has 5 rings (SSSR count). The van der Waals surface area contributed by atoms with E-state index < -0.39 is 5.82 Å². The number of para-hydroxylation sites is 2. The quantitative estimate of drug-likeness (QED) is 0.445. The Hall–Kier alpha value is -3.28. The van der Waals surface area contributed by atoms with E-state index in [0.29, 0.717) is 17.0 Å². The molecule has 2 bridgehead atoms. The minimum Gasteiger partial charge on any atom is -0.483 e. The number of rotatable bonds is 5. The summed E-state index contributed by atoms with van der Waals surface area (Å²) in [7, 11) is 0. The van der Waals surface area contributed by atoms with Crippen LogP contribution in [0.5, 0.6) is 5.75 Å². The number of anilines is 1. The minimum atomic E-state index is -0.423. The molecule has 0 aromatic heterocycles. The van der Waals surface area contributed by atoms with Gasteiger partial charge in [-0.15, -0.1) is 0 Å². The fraction of sp³-hybridized carbons (Fsp3) is 0.261. The summed E-state index contributed by atoms with van der Waals surface area (Å²) in [5.41, 5.74) is 0.692. The van der Waals surface area contributed by atoms with Crippen LogP contribution in [0, 0.1) is 29.5 Å². The van der Waals surface area contributed by atoms with Crippen molar-refractivity contribution in [2.75, 3.05) is 11.5 Å². The molecule has 5 nitrogen and oxygen atoms in total. The maximum Gasteiger partial charge on any atom is 0.238 e.